The maximum absolute atomic E-state index is 12.4. The highest BCUT2D eigenvalue weighted by Crippen LogP contribution is 2.19. The fraction of sp³-hybridized carbons (Fsp3) is 0.412. The van der Waals surface area contributed by atoms with Gasteiger partial charge in [0.25, 0.3) is 10.0 Å². The zero-order chi connectivity index (χ0) is 18.8. The van der Waals surface area contributed by atoms with E-state index in [9.17, 15) is 8.42 Å². The Labute approximate surface area is 153 Å². The normalized spacial score (nSPS) is 12.3. The summed E-state index contributed by atoms with van der Waals surface area (Å²) in [5.74, 6) is 0.393. The molecular weight excluding hydrogens is 360 g/mol. The minimum absolute atomic E-state index is 0.211. The smallest absolute Gasteiger partial charge is 0.253 e. The first-order chi connectivity index (χ1) is 11.6. The third-order valence-corrected chi connectivity index (χ3v) is 5.41. The summed E-state index contributed by atoms with van der Waals surface area (Å²) in [6.07, 6.45) is 1.39. The summed E-state index contributed by atoms with van der Waals surface area (Å²) < 4.78 is 26.6. The van der Waals surface area contributed by atoms with E-state index in [-0.39, 0.29) is 4.90 Å². The maximum atomic E-state index is 12.4. The second-order valence-corrected chi connectivity index (χ2v) is 8.48. The molecule has 6 nitrogen and oxygen atoms in total. The van der Waals surface area contributed by atoms with Gasteiger partial charge in [-0.05, 0) is 43.9 Å². The molecule has 0 fully saturated rings. The Balaban J connectivity index is 2.23. The maximum Gasteiger partial charge on any atom is 0.276 e. The molecule has 8 heteroatoms. The molecule has 136 valence electrons. The first-order valence-corrected chi connectivity index (χ1v) is 9.83. The highest BCUT2D eigenvalue weighted by molar-refractivity contribution is 7.89. The second kappa shape index (κ2) is 7.58. The molecule has 0 saturated heterocycles. The molecule has 0 aliphatic carbocycles. The fourth-order valence-corrected chi connectivity index (χ4v) is 3.80. The Bertz CT molecular complexity index is 902. The second-order valence-electron chi connectivity index (χ2n) is 6.49. The number of nitrogens with one attached hydrogen (secondary N) is 1. The van der Waals surface area contributed by atoms with E-state index < -0.39 is 10.0 Å². The van der Waals surface area contributed by atoms with Crippen molar-refractivity contribution in [3.05, 3.63) is 45.7 Å². The predicted octanol–water partition coefficient (Wildman–Crippen LogP) is 3.43. The van der Waals surface area contributed by atoms with Crippen molar-refractivity contribution in [1.29, 1.82) is 0 Å². The van der Waals surface area contributed by atoms with Gasteiger partial charge in [0.1, 0.15) is 5.15 Å². The van der Waals surface area contributed by atoms with Crippen molar-refractivity contribution in [2.75, 3.05) is 0 Å². The molecule has 0 bridgehead atoms. The van der Waals surface area contributed by atoms with Gasteiger partial charge in [0.2, 0.25) is 0 Å². The van der Waals surface area contributed by atoms with Crippen LogP contribution < -0.4 is 4.83 Å². The summed E-state index contributed by atoms with van der Waals surface area (Å²) in [6, 6.07) is 5.25. The molecule has 0 radical (unpaired) electrons. The van der Waals surface area contributed by atoms with Crippen LogP contribution in [0.3, 0.4) is 0 Å². The molecule has 2 rings (SSSR count). The Morgan fingerprint density at radius 1 is 1.32 bits per heavy atom. The van der Waals surface area contributed by atoms with E-state index in [4.69, 9.17) is 11.6 Å². The van der Waals surface area contributed by atoms with Gasteiger partial charge in [-0.1, -0.05) is 37.6 Å². The Kier molecular flexibility index (Phi) is 5.90. The summed E-state index contributed by atoms with van der Waals surface area (Å²) in [5.41, 5.74) is 2.82. The Morgan fingerprint density at radius 2 is 2.00 bits per heavy atom. The van der Waals surface area contributed by atoms with Crippen LogP contribution in [0.1, 0.15) is 36.2 Å². The average molecular weight is 383 g/mol. The molecule has 0 unspecified atom stereocenters. The van der Waals surface area contributed by atoms with Crippen LogP contribution in [0.2, 0.25) is 5.15 Å². The zero-order valence-electron chi connectivity index (χ0n) is 15.0. The molecule has 1 heterocycles. The van der Waals surface area contributed by atoms with Gasteiger partial charge in [-0.2, -0.15) is 18.6 Å². The van der Waals surface area contributed by atoms with Gasteiger partial charge in [0, 0.05) is 6.54 Å². The molecule has 1 aromatic heterocycles. The van der Waals surface area contributed by atoms with Crippen LogP contribution in [-0.4, -0.2) is 24.4 Å². The first-order valence-electron chi connectivity index (χ1n) is 7.97. The summed E-state index contributed by atoms with van der Waals surface area (Å²) in [4.78, 5) is 2.45. The van der Waals surface area contributed by atoms with Gasteiger partial charge in [0.15, 0.2) is 0 Å². The zero-order valence-corrected chi connectivity index (χ0v) is 16.6. The minimum atomic E-state index is -3.74. The number of nitrogens with zero attached hydrogens (tertiary/aromatic N) is 3. The quantitative estimate of drug-likeness (QED) is 0.614. The molecule has 0 atom stereocenters. The lowest BCUT2D eigenvalue weighted by Gasteiger charge is -2.07. The highest BCUT2D eigenvalue weighted by Gasteiger charge is 2.17. The van der Waals surface area contributed by atoms with Crippen LogP contribution in [0.25, 0.3) is 0 Å². The van der Waals surface area contributed by atoms with Crippen molar-refractivity contribution in [3.63, 3.8) is 0 Å². The predicted molar refractivity (Wildman–Crippen MR) is 101 cm³/mol. The topological polar surface area (TPSA) is 76.3 Å². The largest absolute Gasteiger partial charge is 0.276 e. The molecule has 0 amide bonds. The van der Waals surface area contributed by atoms with Gasteiger partial charge < -0.3 is 0 Å². The van der Waals surface area contributed by atoms with Gasteiger partial charge >= 0.3 is 0 Å². The number of hydrazone groups is 1. The van der Waals surface area contributed by atoms with Crippen molar-refractivity contribution >= 4 is 27.8 Å². The van der Waals surface area contributed by atoms with Gasteiger partial charge in [-0.25, -0.2) is 4.83 Å². The molecule has 2 aromatic rings. The SMILES string of the molecule is Cc1ccc(C)c(S(=O)(=O)N/N=C\c2c(C)nn(CC(C)C)c2Cl)c1. The Morgan fingerprint density at radius 3 is 2.64 bits per heavy atom. The lowest BCUT2D eigenvalue weighted by molar-refractivity contribution is 0.482. The van der Waals surface area contributed by atoms with Crippen LogP contribution in [0, 0.1) is 26.7 Å². The van der Waals surface area contributed by atoms with E-state index in [0.29, 0.717) is 34.4 Å². The molecule has 1 aromatic carbocycles. The third-order valence-electron chi connectivity index (χ3n) is 3.65. The number of benzene rings is 1. The van der Waals surface area contributed by atoms with Gasteiger partial charge in [0.05, 0.1) is 22.4 Å². The molecule has 0 aliphatic rings. The number of aromatic nitrogens is 2. The monoisotopic (exact) mass is 382 g/mol. The average Bonchev–Trinajstić information content (AvgIpc) is 2.76. The van der Waals surface area contributed by atoms with Crippen molar-refractivity contribution in [2.24, 2.45) is 11.0 Å². The van der Waals surface area contributed by atoms with Crippen LogP contribution in [-0.2, 0) is 16.6 Å². The molecule has 1 N–H and O–H groups in total. The van der Waals surface area contributed by atoms with Crippen molar-refractivity contribution in [3.8, 4) is 0 Å². The van der Waals surface area contributed by atoms with E-state index in [1.807, 2.05) is 19.9 Å². The number of sulfonamides is 1. The number of hydrogen-bond donors (Lipinski definition) is 1. The molecule has 0 saturated carbocycles. The van der Waals surface area contributed by atoms with E-state index in [0.717, 1.165) is 5.56 Å². The summed E-state index contributed by atoms with van der Waals surface area (Å²) in [7, 11) is -3.74. The van der Waals surface area contributed by atoms with E-state index in [2.05, 4.69) is 28.9 Å². The van der Waals surface area contributed by atoms with Crippen molar-refractivity contribution in [1.82, 2.24) is 14.6 Å². The molecule has 0 spiro atoms. The lowest BCUT2D eigenvalue weighted by Crippen LogP contribution is -2.19. The summed E-state index contributed by atoms with van der Waals surface area (Å²) >= 11 is 6.32. The van der Waals surface area contributed by atoms with E-state index in [1.165, 1.54) is 6.21 Å². The molecule has 25 heavy (non-hydrogen) atoms. The van der Waals surface area contributed by atoms with Crippen LogP contribution in [0.4, 0.5) is 0 Å². The standard InChI is InChI=1S/C17H23ClN4O2S/c1-11(2)10-22-17(18)15(14(5)20-22)9-19-21-25(23,24)16-8-12(3)6-7-13(16)4/h6-9,11,21H,10H2,1-5H3/b19-9-. The summed E-state index contributed by atoms with van der Waals surface area (Å²) in [5, 5.41) is 8.68. The number of halogens is 1. The van der Waals surface area contributed by atoms with E-state index >= 15 is 0 Å². The van der Waals surface area contributed by atoms with Crippen LogP contribution in [0.15, 0.2) is 28.2 Å². The molecule has 0 aliphatic heterocycles. The van der Waals surface area contributed by atoms with E-state index in [1.54, 1.807) is 23.7 Å². The number of aryl methyl sites for hydroxylation is 3. The number of hydrogen-bond acceptors (Lipinski definition) is 4. The molecular formula is C17H23ClN4O2S. The third kappa shape index (κ3) is 4.61. The minimum Gasteiger partial charge on any atom is -0.253 e. The van der Waals surface area contributed by atoms with Crippen molar-refractivity contribution in [2.45, 2.75) is 46.1 Å². The van der Waals surface area contributed by atoms with Crippen LogP contribution >= 0.6 is 11.6 Å². The van der Waals surface area contributed by atoms with Crippen LogP contribution in [0.5, 0.6) is 0 Å². The van der Waals surface area contributed by atoms with Gasteiger partial charge in [-0.3, -0.25) is 4.68 Å². The van der Waals surface area contributed by atoms with Crippen molar-refractivity contribution < 1.29 is 8.42 Å². The number of rotatable bonds is 6. The van der Waals surface area contributed by atoms with Gasteiger partial charge in [-0.15, -0.1) is 0 Å². The first kappa shape index (κ1) is 19.5. The summed E-state index contributed by atoms with van der Waals surface area (Å²) in [6.45, 7) is 10.2. The Hall–Kier alpha value is -1.86. The fourth-order valence-electron chi connectivity index (χ4n) is 2.39. The lowest BCUT2D eigenvalue weighted by atomic mass is 10.2. The highest BCUT2D eigenvalue weighted by atomic mass is 35.5.